The van der Waals surface area contributed by atoms with E-state index in [2.05, 4.69) is 20.6 Å². The van der Waals surface area contributed by atoms with Crippen molar-refractivity contribution in [3.05, 3.63) is 65.9 Å². The van der Waals surface area contributed by atoms with E-state index in [-0.39, 0.29) is 17.9 Å². The van der Waals surface area contributed by atoms with Crippen LogP contribution in [0.3, 0.4) is 0 Å². The van der Waals surface area contributed by atoms with Gasteiger partial charge in [-0.05, 0) is 56.9 Å². The van der Waals surface area contributed by atoms with Crippen LogP contribution in [0.15, 0.2) is 54.7 Å². The Morgan fingerprint density at radius 2 is 1.71 bits per heavy atom. The molecule has 1 aromatic heterocycles. The Hall–Kier alpha value is -3.29. The van der Waals surface area contributed by atoms with Gasteiger partial charge in [0.05, 0.1) is 6.10 Å². The van der Waals surface area contributed by atoms with E-state index in [0.29, 0.717) is 17.1 Å². The van der Waals surface area contributed by atoms with Crippen molar-refractivity contribution < 1.29 is 17.9 Å². The van der Waals surface area contributed by atoms with Crippen molar-refractivity contribution in [1.82, 2.24) is 9.97 Å². The van der Waals surface area contributed by atoms with E-state index in [1.165, 1.54) is 0 Å². The summed E-state index contributed by atoms with van der Waals surface area (Å²) in [5.74, 6) is 0.366. The molecule has 8 heteroatoms. The van der Waals surface area contributed by atoms with Crippen LogP contribution in [0.5, 0.6) is 5.75 Å². The first-order valence-corrected chi connectivity index (χ1v) is 10.2. The van der Waals surface area contributed by atoms with E-state index in [1.54, 1.807) is 24.3 Å². The standard InChI is InChI=1S/C23H23F3N4O/c1-15-9-11-16(12-10-15)29-22-27-14-20(23(24,25)26)21(30-22)28-17-5-4-8-19(13-17)31-18-6-2-3-7-18/h4-5,8-14,18H,2-3,6-7H2,1H3,(H2,27,28,29,30). The van der Waals surface area contributed by atoms with Gasteiger partial charge in [-0.25, -0.2) is 4.98 Å². The minimum Gasteiger partial charge on any atom is -0.490 e. The summed E-state index contributed by atoms with van der Waals surface area (Å²) in [5.41, 5.74) is 1.27. The highest BCUT2D eigenvalue weighted by molar-refractivity contribution is 5.64. The molecule has 0 spiro atoms. The smallest absolute Gasteiger partial charge is 0.421 e. The van der Waals surface area contributed by atoms with E-state index >= 15 is 0 Å². The second-order valence-electron chi connectivity index (χ2n) is 7.62. The van der Waals surface area contributed by atoms with Crippen LogP contribution in [-0.2, 0) is 6.18 Å². The Morgan fingerprint density at radius 1 is 0.968 bits per heavy atom. The van der Waals surface area contributed by atoms with E-state index in [1.807, 2.05) is 31.2 Å². The molecule has 4 rings (SSSR count). The number of aryl methyl sites for hydroxylation is 1. The summed E-state index contributed by atoms with van der Waals surface area (Å²) in [6.45, 7) is 1.95. The first-order chi connectivity index (χ1) is 14.9. The summed E-state index contributed by atoms with van der Waals surface area (Å²) < 4.78 is 46.6. The van der Waals surface area contributed by atoms with Gasteiger partial charge in [0, 0.05) is 23.6 Å². The molecule has 162 valence electrons. The highest BCUT2D eigenvalue weighted by Gasteiger charge is 2.35. The van der Waals surface area contributed by atoms with Gasteiger partial charge >= 0.3 is 6.18 Å². The number of benzene rings is 2. The van der Waals surface area contributed by atoms with Gasteiger partial charge < -0.3 is 15.4 Å². The van der Waals surface area contributed by atoms with Crippen LogP contribution in [0.2, 0.25) is 0 Å². The lowest BCUT2D eigenvalue weighted by atomic mass is 10.2. The first-order valence-electron chi connectivity index (χ1n) is 10.2. The van der Waals surface area contributed by atoms with Crippen molar-refractivity contribution in [3.63, 3.8) is 0 Å². The first kappa shape index (κ1) is 21.0. The summed E-state index contributed by atoms with van der Waals surface area (Å²) in [5, 5.41) is 5.73. The number of aromatic nitrogens is 2. The van der Waals surface area contributed by atoms with Crippen LogP contribution >= 0.6 is 0 Å². The predicted octanol–water partition coefficient (Wildman–Crippen LogP) is 6.61. The quantitative estimate of drug-likeness (QED) is 0.462. The lowest BCUT2D eigenvalue weighted by molar-refractivity contribution is -0.137. The maximum Gasteiger partial charge on any atom is 0.421 e. The fraction of sp³-hybridized carbons (Fsp3) is 0.304. The Bertz CT molecular complexity index is 1030. The zero-order chi connectivity index (χ0) is 21.8. The van der Waals surface area contributed by atoms with Gasteiger partial charge in [0.15, 0.2) is 0 Å². The molecule has 1 aliphatic carbocycles. The zero-order valence-electron chi connectivity index (χ0n) is 17.0. The molecule has 0 radical (unpaired) electrons. The van der Waals surface area contributed by atoms with Gasteiger partial charge in [0.1, 0.15) is 17.1 Å². The average Bonchev–Trinajstić information content (AvgIpc) is 3.22. The van der Waals surface area contributed by atoms with Crippen LogP contribution in [-0.4, -0.2) is 16.1 Å². The molecule has 0 atom stereocenters. The van der Waals surface area contributed by atoms with Gasteiger partial charge in [-0.15, -0.1) is 0 Å². The number of nitrogens with one attached hydrogen (secondary N) is 2. The third-order valence-corrected chi connectivity index (χ3v) is 5.10. The van der Waals surface area contributed by atoms with Crippen molar-refractivity contribution in [2.24, 2.45) is 0 Å². The number of hydrogen-bond acceptors (Lipinski definition) is 5. The molecule has 5 nitrogen and oxygen atoms in total. The number of alkyl halides is 3. The van der Waals surface area contributed by atoms with Crippen LogP contribution in [0, 0.1) is 6.92 Å². The van der Waals surface area contributed by atoms with Crippen molar-refractivity contribution in [2.45, 2.75) is 44.9 Å². The Labute approximate surface area is 178 Å². The molecule has 0 amide bonds. The molecule has 1 saturated carbocycles. The van der Waals surface area contributed by atoms with Gasteiger partial charge in [-0.2, -0.15) is 18.2 Å². The molecule has 1 fully saturated rings. The SMILES string of the molecule is Cc1ccc(Nc2ncc(C(F)(F)F)c(Nc3cccc(OC4CCCC4)c3)n2)cc1. The van der Waals surface area contributed by atoms with E-state index in [0.717, 1.165) is 37.4 Å². The molecule has 0 unspecified atom stereocenters. The van der Waals surface area contributed by atoms with Crippen LogP contribution in [0.1, 0.15) is 36.8 Å². The third-order valence-electron chi connectivity index (χ3n) is 5.10. The number of ether oxygens (including phenoxy) is 1. The summed E-state index contributed by atoms with van der Waals surface area (Å²) in [6, 6.07) is 14.3. The molecular weight excluding hydrogens is 405 g/mol. The molecule has 2 aromatic carbocycles. The second-order valence-corrected chi connectivity index (χ2v) is 7.62. The summed E-state index contributed by atoms with van der Waals surface area (Å²) >= 11 is 0. The van der Waals surface area contributed by atoms with E-state index in [4.69, 9.17) is 4.74 Å². The van der Waals surface area contributed by atoms with Crippen molar-refractivity contribution >= 4 is 23.1 Å². The van der Waals surface area contributed by atoms with Gasteiger partial charge in [-0.1, -0.05) is 23.8 Å². The maximum absolute atomic E-state index is 13.5. The fourth-order valence-corrected chi connectivity index (χ4v) is 3.49. The monoisotopic (exact) mass is 428 g/mol. The summed E-state index contributed by atoms with van der Waals surface area (Å²) in [4.78, 5) is 7.94. The van der Waals surface area contributed by atoms with E-state index < -0.39 is 11.7 Å². The lowest BCUT2D eigenvalue weighted by Crippen LogP contribution is -2.13. The summed E-state index contributed by atoms with van der Waals surface area (Å²) in [6.07, 6.45) is 0.606. The fourth-order valence-electron chi connectivity index (χ4n) is 3.49. The number of anilines is 4. The second kappa shape index (κ2) is 8.83. The summed E-state index contributed by atoms with van der Waals surface area (Å²) in [7, 11) is 0. The third kappa shape index (κ3) is 5.45. The molecule has 0 saturated heterocycles. The number of rotatable bonds is 6. The minimum atomic E-state index is -4.59. The minimum absolute atomic E-state index is 0.0673. The highest BCUT2D eigenvalue weighted by atomic mass is 19.4. The van der Waals surface area contributed by atoms with Crippen molar-refractivity contribution in [3.8, 4) is 5.75 Å². The molecular formula is C23H23F3N4O. The number of hydrogen-bond donors (Lipinski definition) is 2. The molecule has 31 heavy (non-hydrogen) atoms. The largest absolute Gasteiger partial charge is 0.490 e. The van der Waals surface area contributed by atoms with Crippen LogP contribution in [0.4, 0.5) is 36.3 Å². The topological polar surface area (TPSA) is 59.1 Å². The van der Waals surface area contributed by atoms with Crippen molar-refractivity contribution in [1.29, 1.82) is 0 Å². The molecule has 1 heterocycles. The lowest BCUT2D eigenvalue weighted by Gasteiger charge is -2.17. The number of nitrogens with zero attached hydrogens (tertiary/aromatic N) is 2. The molecule has 0 bridgehead atoms. The zero-order valence-corrected chi connectivity index (χ0v) is 17.0. The van der Waals surface area contributed by atoms with Crippen LogP contribution < -0.4 is 15.4 Å². The van der Waals surface area contributed by atoms with E-state index in [9.17, 15) is 13.2 Å². The molecule has 1 aliphatic rings. The normalized spacial score (nSPS) is 14.5. The predicted molar refractivity (Wildman–Crippen MR) is 114 cm³/mol. The maximum atomic E-state index is 13.5. The average molecular weight is 428 g/mol. The highest BCUT2D eigenvalue weighted by Crippen LogP contribution is 2.36. The van der Waals surface area contributed by atoms with Gasteiger partial charge in [-0.3, -0.25) is 0 Å². The van der Waals surface area contributed by atoms with Gasteiger partial charge in [0.2, 0.25) is 5.95 Å². The molecule has 3 aromatic rings. The van der Waals surface area contributed by atoms with Gasteiger partial charge in [0.25, 0.3) is 0 Å². The molecule has 0 aliphatic heterocycles. The number of halogens is 3. The Morgan fingerprint density at radius 3 is 2.42 bits per heavy atom. The van der Waals surface area contributed by atoms with Crippen molar-refractivity contribution in [2.75, 3.05) is 10.6 Å². The van der Waals surface area contributed by atoms with Crippen LogP contribution in [0.25, 0.3) is 0 Å². The Kier molecular flexibility index (Phi) is 5.97. The molecule has 2 N–H and O–H groups in total. The Balaban J connectivity index is 1.58.